The number of amides is 1. The lowest BCUT2D eigenvalue weighted by Gasteiger charge is -2.24. The Morgan fingerprint density at radius 3 is 2.67 bits per heavy atom. The first-order valence-corrected chi connectivity index (χ1v) is 10.7. The first-order chi connectivity index (χ1) is 14.6. The van der Waals surface area contributed by atoms with Gasteiger partial charge in [-0.3, -0.25) is 4.79 Å². The number of nitrogens with one attached hydrogen (secondary N) is 1. The second-order valence-electron chi connectivity index (χ2n) is 7.78. The van der Waals surface area contributed by atoms with Crippen molar-refractivity contribution in [2.24, 2.45) is 0 Å². The highest BCUT2D eigenvalue weighted by molar-refractivity contribution is 6.05. The van der Waals surface area contributed by atoms with E-state index in [9.17, 15) is 9.90 Å². The number of likely N-dealkylation sites (N-methyl/N-ethyl adjacent to an activating group) is 1. The van der Waals surface area contributed by atoms with Crippen LogP contribution in [-0.4, -0.2) is 50.8 Å². The largest absolute Gasteiger partial charge is 0.494 e. The predicted octanol–water partition coefficient (Wildman–Crippen LogP) is 3.43. The van der Waals surface area contributed by atoms with E-state index in [1.807, 2.05) is 37.4 Å². The average Bonchev–Trinajstić information content (AvgIpc) is 3.27. The molecule has 0 aromatic heterocycles. The molecule has 2 aromatic rings. The van der Waals surface area contributed by atoms with Gasteiger partial charge in [0.1, 0.15) is 5.75 Å². The van der Waals surface area contributed by atoms with Crippen LogP contribution in [0.3, 0.4) is 0 Å². The fourth-order valence-corrected chi connectivity index (χ4v) is 3.77. The van der Waals surface area contributed by atoms with Crippen molar-refractivity contribution in [2.45, 2.75) is 38.8 Å². The fraction of sp³-hybridized carbons (Fsp3) is 0.458. The second-order valence-corrected chi connectivity index (χ2v) is 7.78. The quantitative estimate of drug-likeness (QED) is 0.619. The molecule has 3 rings (SSSR count). The molecule has 6 heteroatoms. The van der Waals surface area contributed by atoms with Gasteiger partial charge in [-0.2, -0.15) is 0 Å². The van der Waals surface area contributed by atoms with Gasteiger partial charge in [-0.05, 0) is 62.4 Å². The normalized spacial score (nSPS) is 16.0. The molecule has 2 N–H and O–H groups in total. The molecule has 2 aromatic carbocycles. The van der Waals surface area contributed by atoms with Crippen LogP contribution in [0.1, 0.15) is 42.1 Å². The third-order valence-corrected chi connectivity index (χ3v) is 5.73. The van der Waals surface area contributed by atoms with Crippen LogP contribution < -0.4 is 19.9 Å². The summed E-state index contributed by atoms with van der Waals surface area (Å²) >= 11 is 0. The van der Waals surface area contributed by atoms with Crippen LogP contribution in [0.4, 0.5) is 11.4 Å². The first kappa shape index (κ1) is 22.1. The fourth-order valence-electron chi connectivity index (χ4n) is 3.77. The number of aliphatic hydroxyl groups is 1. The summed E-state index contributed by atoms with van der Waals surface area (Å²) in [4.78, 5) is 16.9. The number of hydrogen-bond donors (Lipinski definition) is 2. The molecule has 30 heavy (non-hydrogen) atoms. The highest BCUT2D eigenvalue weighted by Crippen LogP contribution is 2.29. The molecule has 1 aliphatic rings. The van der Waals surface area contributed by atoms with Crippen LogP contribution in [0.2, 0.25) is 0 Å². The predicted molar refractivity (Wildman–Crippen MR) is 122 cm³/mol. The number of hydrogen-bond acceptors (Lipinski definition) is 5. The minimum atomic E-state index is -0.0943. The summed E-state index contributed by atoms with van der Waals surface area (Å²) in [7, 11) is 3.74. The third-order valence-electron chi connectivity index (χ3n) is 5.73. The molecule has 162 valence electrons. The molecule has 1 unspecified atom stereocenters. The molecule has 6 nitrogen and oxygen atoms in total. The van der Waals surface area contributed by atoms with Gasteiger partial charge in [0.15, 0.2) is 0 Å². The summed E-state index contributed by atoms with van der Waals surface area (Å²) in [6.45, 7) is 4.63. The van der Waals surface area contributed by atoms with E-state index >= 15 is 0 Å². The van der Waals surface area contributed by atoms with Crippen molar-refractivity contribution in [1.29, 1.82) is 0 Å². The van der Waals surface area contributed by atoms with Crippen molar-refractivity contribution in [3.63, 3.8) is 0 Å². The van der Waals surface area contributed by atoms with E-state index in [0.29, 0.717) is 18.2 Å². The molecule has 0 aliphatic carbocycles. The zero-order chi connectivity index (χ0) is 21.5. The van der Waals surface area contributed by atoms with Crippen LogP contribution in [0.25, 0.3) is 0 Å². The number of rotatable bonds is 9. The van der Waals surface area contributed by atoms with Crippen LogP contribution in [0.15, 0.2) is 42.5 Å². The van der Waals surface area contributed by atoms with E-state index in [4.69, 9.17) is 4.74 Å². The average molecular weight is 412 g/mol. The Bertz CT molecular complexity index is 838. The van der Waals surface area contributed by atoms with Crippen molar-refractivity contribution in [2.75, 3.05) is 43.6 Å². The Balaban J connectivity index is 1.71. The summed E-state index contributed by atoms with van der Waals surface area (Å²) in [5.74, 6) is 0.684. The Morgan fingerprint density at radius 2 is 2.03 bits per heavy atom. The SMILES string of the molecule is CCCCOc1ccc(C(=O)N(C)c2ccc(N3CCC(NC)C3)c(CO)c2)cc1. The van der Waals surface area contributed by atoms with Crippen LogP contribution >= 0.6 is 0 Å². The third kappa shape index (κ3) is 5.12. The molecule has 1 amide bonds. The van der Waals surface area contributed by atoms with Gasteiger partial charge in [0.05, 0.1) is 13.2 Å². The number of benzene rings is 2. The van der Waals surface area contributed by atoms with E-state index < -0.39 is 0 Å². The van der Waals surface area contributed by atoms with Crippen molar-refractivity contribution in [3.05, 3.63) is 53.6 Å². The van der Waals surface area contributed by atoms with Gasteiger partial charge < -0.3 is 25.0 Å². The minimum Gasteiger partial charge on any atom is -0.494 e. The zero-order valence-corrected chi connectivity index (χ0v) is 18.2. The van der Waals surface area contributed by atoms with Gasteiger partial charge in [0.25, 0.3) is 5.91 Å². The Morgan fingerprint density at radius 1 is 1.27 bits per heavy atom. The number of nitrogens with zero attached hydrogens (tertiary/aromatic N) is 2. The van der Waals surface area contributed by atoms with Gasteiger partial charge in [0.2, 0.25) is 0 Å². The number of carbonyl (C=O) groups excluding carboxylic acids is 1. The molecule has 0 saturated carbocycles. The van der Waals surface area contributed by atoms with Crippen molar-refractivity contribution in [1.82, 2.24) is 5.32 Å². The molecule has 0 spiro atoms. The van der Waals surface area contributed by atoms with Crippen LogP contribution in [0, 0.1) is 0 Å². The van der Waals surface area contributed by atoms with Crippen molar-refractivity contribution >= 4 is 17.3 Å². The standard InChI is InChI=1S/C24H33N3O3/c1-4-5-14-30-22-9-6-18(7-10-22)24(29)26(3)21-8-11-23(19(15-21)17-28)27-13-12-20(16-27)25-2/h6-11,15,20,25,28H,4-5,12-14,16-17H2,1-3H3. The molecule has 1 fully saturated rings. The van der Waals surface area contributed by atoms with E-state index in [2.05, 4.69) is 17.1 Å². The van der Waals surface area contributed by atoms with Crippen LogP contribution in [0.5, 0.6) is 5.75 Å². The van der Waals surface area contributed by atoms with E-state index in [0.717, 1.165) is 55.0 Å². The Kier molecular flexibility index (Phi) is 7.71. The van der Waals surface area contributed by atoms with E-state index in [1.165, 1.54) is 0 Å². The lowest BCUT2D eigenvalue weighted by atomic mass is 10.1. The summed E-state index contributed by atoms with van der Waals surface area (Å²) in [5.41, 5.74) is 3.24. The van der Waals surface area contributed by atoms with Gasteiger partial charge in [0, 0.05) is 48.7 Å². The summed E-state index contributed by atoms with van der Waals surface area (Å²) in [6.07, 6.45) is 3.18. The molecule has 1 heterocycles. The molecular formula is C24H33N3O3. The molecule has 0 radical (unpaired) electrons. The number of aliphatic hydroxyl groups excluding tert-OH is 1. The van der Waals surface area contributed by atoms with Crippen molar-refractivity contribution in [3.8, 4) is 5.75 Å². The number of anilines is 2. The van der Waals surface area contributed by atoms with Gasteiger partial charge in [-0.1, -0.05) is 13.3 Å². The monoisotopic (exact) mass is 411 g/mol. The van der Waals surface area contributed by atoms with E-state index in [1.54, 1.807) is 24.1 Å². The maximum absolute atomic E-state index is 12.9. The summed E-state index contributed by atoms with van der Waals surface area (Å²) in [6, 6.07) is 13.6. The van der Waals surface area contributed by atoms with Gasteiger partial charge in [-0.25, -0.2) is 0 Å². The summed E-state index contributed by atoms with van der Waals surface area (Å²) < 4.78 is 5.67. The minimum absolute atomic E-state index is 0.0598. The second kappa shape index (κ2) is 10.5. The molecule has 1 atom stereocenters. The van der Waals surface area contributed by atoms with Gasteiger partial charge >= 0.3 is 0 Å². The topological polar surface area (TPSA) is 65.0 Å². The summed E-state index contributed by atoms with van der Waals surface area (Å²) in [5, 5.41) is 13.2. The number of unbranched alkanes of at least 4 members (excludes halogenated alkanes) is 1. The van der Waals surface area contributed by atoms with E-state index in [-0.39, 0.29) is 12.5 Å². The molecule has 0 bridgehead atoms. The van der Waals surface area contributed by atoms with Crippen LogP contribution in [-0.2, 0) is 6.61 Å². The lowest BCUT2D eigenvalue weighted by Crippen LogP contribution is -2.30. The highest BCUT2D eigenvalue weighted by atomic mass is 16.5. The van der Waals surface area contributed by atoms with Gasteiger partial charge in [-0.15, -0.1) is 0 Å². The first-order valence-electron chi connectivity index (χ1n) is 10.7. The molecule has 1 saturated heterocycles. The Labute approximate surface area is 179 Å². The zero-order valence-electron chi connectivity index (χ0n) is 18.2. The number of carbonyl (C=O) groups is 1. The highest BCUT2D eigenvalue weighted by Gasteiger charge is 2.23. The molecular weight excluding hydrogens is 378 g/mol. The molecule has 1 aliphatic heterocycles. The smallest absolute Gasteiger partial charge is 0.258 e. The van der Waals surface area contributed by atoms with Crippen molar-refractivity contribution < 1.29 is 14.6 Å². The maximum atomic E-state index is 12.9. The maximum Gasteiger partial charge on any atom is 0.258 e. The Hall–Kier alpha value is -2.57. The number of ether oxygens (including phenoxy) is 1. The lowest BCUT2D eigenvalue weighted by molar-refractivity contribution is 0.0993.